The lowest BCUT2D eigenvalue weighted by molar-refractivity contribution is -0.899. The molecular formula is C19H23ClN3O2S+. The van der Waals surface area contributed by atoms with E-state index in [2.05, 4.69) is 17.2 Å². The second-order valence-electron chi connectivity index (χ2n) is 6.05. The third-order valence-electron chi connectivity index (χ3n) is 4.00. The van der Waals surface area contributed by atoms with E-state index in [9.17, 15) is 9.59 Å². The molecule has 2 rings (SSSR count). The molecule has 2 aromatic rings. The van der Waals surface area contributed by atoms with Crippen LogP contribution in [0.4, 0.5) is 10.5 Å². The molecule has 3 N–H and O–H groups in total. The Balaban J connectivity index is 1.91. The first kappa shape index (κ1) is 20.2. The van der Waals surface area contributed by atoms with Gasteiger partial charge in [-0.15, -0.1) is 11.3 Å². The molecule has 7 heteroatoms. The number of quaternary nitrogens is 1. The van der Waals surface area contributed by atoms with Crippen LogP contribution in [-0.4, -0.2) is 25.0 Å². The summed E-state index contributed by atoms with van der Waals surface area (Å²) in [6.07, 6.45) is 1.76. The highest BCUT2D eigenvalue weighted by Gasteiger charge is 2.17. The van der Waals surface area contributed by atoms with Gasteiger partial charge in [-0.3, -0.25) is 10.1 Å². The van der Waals surface area contributed by atoms with Gasteiger partial charge in [-0.1, -0.05) is 30.3 Å². The van der Waals surface area contributed by atoms with Crippen molar-refractivity contribution in [2.45, 2.75) is 20.4 Å². The van der Waals surface area contributed by atoms with Gasteiger partial charge in [0.1, 0.15) is 6.54 Å². The van der Waals surface area contributed by atoms with Gasteiger partial charge in [0.05, 0.1) is 15.8 Å². The maximum atomic E-state index is 12.2. The molecule has 1 aromatic heterocycles. The predicted molar refractivity (Wildman–Crippen MR) is 107 cm³/mol. The van der Waals surface area contributed by atoms with Crippen molar-refractivity contribution in [3.8, 4) is 0 Å². The lowest BCUT2D eigenvalue weighted by atomic mass is 10.1. The summed E-state index contributed by atoms with van der Waals surface area (Å²) in [5, 5.41) is 5.11. The lowest BCUT2D eigenvalue weighted by Crippen LogP contribution is -3.11. The van der Waals surface area contributed by atoms with Crippen LogP contribution in [0.2, 0.25) is 4.34 Å². The van der Waals surface area contributed by atoms with Gasteiger partial charge < -0.3 is 10.2 Å². The summed E-state index contributed by atoms with van der Waals surface area (Å²) in [5.74, 6) is -0.340. The summed E-state index contributed by atoms with van der Waals surface area (Å²) in [6.45, 7) is 9.06. The molecular weight excluding hydrogens is 370 g/mol. The van der Waals surface area contributed by atoms with E-state index in [0.717, 1.165) is 25.2 Å². The number of imide groups is 1. The van der Waals surface area contributed by atoms with Crippen molar-refractivity contribution >= 4 is 40.6 Å². The van der Waals surface area contributed by atoms with Crippen LogP contribution < -0.4 is 15.5 Å². The largest absolute Gasteiger partial charge is 0.326 e. The topological polar surface area (TPSA) is 62.6 Å². The van der Waals surface area contributed by atoms with Crippen LogP contribution in [0.1, 0.15) is 16.0 Å². The highest BCUT2D eigenvalue weighted by atomic mass is 35.5. The van der Waals surface area contributed by atoms with E-state index in [1.54, 1.807) is 6.08 Å². The average molecular weight is 393 g/mol. The maximum Gasteiger partial charge on any atom is 0.326 e. The highest BCUT2D eigenvalue weighted by molar-refractivity contribution is 7.16. The molecule has 0 spiro atoms. The number of nitrogens with one attached hydrogen (secondary N) is 3. The average Bonchev–Trinajstić information content (AvgIpc) is 2.96. The molecule has 0 aliphatic heterocycles. The van der Waals surface area contributed by atoms with Gasteiger partial charge in [0.2, 0.25) is 0 Å². The van der Waals surface area contributed by atoms with Crippen LogP contribution in [0.15, 0.2) is 43.0 Å². The zero-order valence-corrected chi connectivity index (χ0v) is 16.5. The second-order valence-corrected chi connectivity index (χ2v) is 7.85. The molecule has 0 fully saturated rings. The zero-order valence-electron chi connectivity index (χ0n) is 14.9. The second kappa shape index (κ2) is 9.52. The molecule has 3 amide bonds. The molecule has 0 saturated carbocycles. The fraction of sp³-hybridized carbons (Fsp3) is 0.263. The summed E-state index contributed by atoms with van der Waals surface area (Å²) < 4.78 is 0.718. The van der Waals surface area contributed by atoms with E-state index in [1.165, 1.54) is 11.3 Å². The Hall–Kier alpha value is -2.15. The Morgan fingerprint density at radius 2 is 2.04 bits per heavy atom. The number of benzene rings is 1. The smallest absolute Gasteiger partial charge is 0.319 e. The molecule has 1 atom stereocenters. The molecule has 0 saturated heterocycles. The maximum absolute atomic E-state index is 12.2. The van der Waals surface area contributed by atoms with Gasteiger partial charge in [-0.05, 0) is 49.2 Å². The van der Waals surface area contributed by atoms with Gasteiger partial charge in [-0.2, -0.15) is 0 Å². The van der Waals surface area contributed by atoms with E-state index in [-0.39, 0.29) is 12.5 Å². The van der Waals surface area contributed by atoms with Crippen LogP contribution in [-0.2, 0) is 11.3 Å². The Morgan fingerprint density at radius 3 is 2.69 bits per heavy atom. The van der Waals surface area contributed by atoms with Crippen LogP contribution in [0.3, 0.4) is 0 Å². The molecule has 1 heterocycles. The summed E-state index contributed by atoms with van der Waals surface area (Å²) in [4.78, 5) is 26.4. The first-order chi connectivity index (χ1) is 12.4. The summed E-state index contributed by atoms with van der Waals surface area (Å²) in [7, 11) is 0. The molecule has 138 valence electrons. The first-order valence-electron chi connectivity index (χ1n) is 8.24. The van der Waals surface area contributed by atoms with Crippen LogP contribution >= 0.6 is 22.9 Å². The van der Waals surface area contributed by atoms with Gasteiger partial charge >= 0.3 is 6.03 Å². The Labute approximate surface area is 162 Å². The molecule has 0 aliphatic rings. The van der Waals surface area contributed by atoms with Crippen molar-refractivity contribution in [1.82, 2.24) is 5.32 Å². The molecule has 1 aromatic carbocycles. The number of thiophene rings is 1. The molecule has 5 nitrogen and oxygen atoms in total. The predicted octanol–water partition coefficient (Wildman–Crippen LogP) is 2.94. The number of urea groups is 1. The van der Waals surface area contributed by atoms with Crippen molar-refractivity contribution < 1.29 is 14.5 Å². The number of rotatable bonds is 7. The first-order valence-corrected chi connectivity index (χ1v) is 9.44. The van der Waals surface area contributed by atoms with Crippen molar-refractivity contribution in [3.05, 3.63) is 63.3 Å². The Kier molecular flexibility index (Phi) is 7.38. The standard InChI is InChI=1S/C19H22ClN3O2S/c1-4-10-23(11-15-8-9-17(20)26-15)12-18(24)22-19(25)21-16-7-5-6-13(2)14(16)3/h4-9H,1,10-12H2,2-3H3,(H2,21,22,24,25)/p+1. The minimum atomic E-state index is -0.527. The fourth-order valence-corrected chi connectivity index (χ4v) is 3.70. The van der Waals surface area contributed by atoms with Crippen molar-refractivity contribution in [3.63, 3.8) is 0 Å². The molecule has 0 aliphatic carbocycles. The molecule has 1 unspecified atom stereocenters. The molecule has 0 bridgehead atoms. The summed E-state index contributed by atoms with van der Waals surface area (Å²) >= 11 is 7.44. The van der Waals surface area contributed by atoms with E-state index in [0.29, 0.717) is 18.8 Å². The number of hydrogen-bond acceptors (Lipinski definition) is 3. The van der Waals surface area contributed by atoms with Gasteiger partial charge in [0.25, 0.3) is 5.91 Å². The number of carbonyl (C=O) groups is 2. The van der Waals surface area contributed by atoms with E-state index >= 15 is 0 Å². The zero-order chi connectivity index (χ0) is 19.1. The van der Waals surface area contributed by atoms with Crippen molar-refractivity contribution in [2.24, 2.45) is 0 Å². The molecule has 0 radical (unpaired) electrons. The SMILES string of the molecule is C=CC[NH+](CC(=O)NC(=O)Nc1cccc(C)c1C)Cc1ccc(Cl)s1. The summed E-state index contributed by atoms with van der Waals surface area (Å²) in [5.41, 5.74) is 2.74. The minimum absolute atomic E-state index is 0.168. The van der Waals surface area contributed by atoms with Crippen LogP contribution in [0.5, 0.6) is 0 Å². The Morgan fingerprint density at radius 1 is 1.27 bits per heavy atom. The number of hydrogen-bond donors (Lipinski definition) is 3. The van der Waals surface area contributed by atoms with Gasteiger partial charge in [-0.25, -0.2) is 4.79 Å². The number of aryl methyl sites for hydroxylation is 1. The van der Waals surface area contributed by atoms with E-state index < -0.39 is 6.03 Å². The summed E-state index contributed by atoms with van der Waals surface area (Å²) in [6, 6.07) is 8.90. The minimum Gasteiger partial charge on any atom is -0.319 e. The molecule has 26 heavy (non-hydrogen) atoms. The van der Waals surface area contributed by atoms with Crippen molar-refractivity contribution in [1.29, 1.82) is 0 Å². The third kappa shape index (κ3) is 5.98. The van der Waals surface area contributed by atoms with Gasteiger partial charge in [0.15, 0.2) is 6.54 Å². The quantitative estimate of drug-likeness (QED) is 0.634. The third-order valence-corrected chi connectivity index (χ3v) is 5.23. The normalized spacial score (nSPS) is 11.7. The Bertz CT molecular complexity index is 804. The number of carbonyl (C=O) groups excluding carboxylic acids is 2. The van der Waals surface area contributed by atoms with Crippen molar-refractivity contribution in [2.75, 3.05) is 18.4 Å². The number of amides is 3. The van der Waals surface area contributed by atoms with Crippen LogP contribution in [0.25, 0.3) is 0 Å². The van der Waals surface area contributed by atoms with E-state index in [1.807, 2.05) is 44.2 Å². The monoisotopic (exact) mass is 392 g/mol. The fourth-order valence-electron chi connectivity index (χ4n) is 2.54. The van der Waals surface area contributed by atoms with Gasteiger partial charge in [0, 0.05) is 5.69 Å². The van der Waals surface area contributed by atoms with Crippen LogP contribution in [0, 0.1) is 13.8 Å². The lowest BCUT2D eigenvalue weighted by Gasteiger charge is -2.17. The highest BCUT2D eigenvalue weighted by Crippen LogP contribution is 2.20. The number of halogens is 1. The number of anilines is 1. The van der Waals surface area contributed by atoms with E-state index in [4.69, 9.17) is 11.6 Å².